The topological polar surface area (TPSA) is 20.3 Å². The molecule has 4 heteroatoms. The maximum Gasteiger partial charge on any atom is 0.226 e. The van der Waals surface area contributed by atoms with Crippen LogP contribution < -0.4 is 12.4 Å². The lowest BCUT2D eigenvalue weighted by Crippen LogP contribution is -3.00. The zero-order valence-corrected chi connectivity index (χ0v) is 15.1. The number of hydrogen-bond donors (Lipinski definition) is 0. The molecule has 0 atom stereocenters. The Labute approximate surface area is 138 Å². The molecule has 0 unspecified atom stereocenters. The Hall–Kier alpha value is -0.280. The second-order valence-corrected chi connectivity index (χ2v) is 7.04. The molecule has 0 saturated carbocycles. The van der Waals surface area contributed by atoms with Crippen molar-refractivity contribution in [2.24, 2.45) is 0 Å². The second-order valence-electron chi connectivity index (χ2n) is 7.04. The highest BCUT2D eigenvalue weighted by molar-refractivity contribution is 5.77. The minimum Gasteiger partial charge on any atom is -1.00 e. The molecule has 0 radical (unpaired) electrons. The highest BCUT2D eigenvalue weighted by atomic mass is 35.5. The van der Waals surface area contributed by atoms with Crippen molar-refractivity contribution in [2.45, 2.75) is 71.1 Å². The predicted octanol–water partition coefficient (Wildman–Crippen LogP) is 0.787. The van der Waals surface area contributed by atoms with Crippen molar-refractivity contribution in [3.63, 3.8) is 0 Å². The lowest BCUT2D eigenvalue weighted by atomic mass is 10.1. The molecule has 1 saturated heterocycles. The fraction of sp³-hybridized carbons (Fsp3) is 0.941. The molecule has 1 amide bonds. The summed E-state index contributed by atoms with van der Waals surface area (Å²) in [6.45, 7) is 5.33. The molecule has 0 N–H and O–H groups in total. The van der Waals surface area contributed by atoms with E-state index in [9.17, 15) is 4.79 Å². The van der Waals surface area contributed by atoms with Crippen LogP contribution in [0.2, 0.25) is 0 Å². The summed E-state index contributed by atoms with van der Waals surface area (Å²) in [6, 6.07) is 0. The molecular weight excluding hydrogens is 284 g/mol. The monoisotopic (exact) mass is 318 g/mol. The van der Waals surface area contributed by atoms with Gasteiger partial charge < -0.3 is 16.9 Å². The van der Waals surface area contributed by atoms with Gasteiger partial charge in [-0.3, -0.25) is 9.69 Å². The summed E-state index contributed by atoms with van der Waals surface area (Å²) < 4.78 is 0.960. The highest BCUT2D eigenvalue weighted by Crippen LogP contribution is 2.14. The first-order valence-corrected chi connectivity index (χ1v) is 8.65. The third-order valence-corrected chi connectivity index (χ3v) is 4.34. The zero-order valence-electron chi connectivity index (χ0n) is 14.4. The average Bonchev–Trinajstić information content (AvgIpc) is 2.77. The minimum absolute atomic E-state index is 0. The van der Waals surface area contributed by atoms with Crippen molar-refractivity contribution >= 4 is 5.91 Å². The molecule has 1 aliphatic heterocycles. The van der Waals surface area contributed by atoms with E-state index in [4.69, 9.17) is 0 Å². The number of amides is 1. The van der Waals surface area contributed by atoms with Crippen LogP contribution in [0.5, 0.6) is 0 Å². The van der Waals surface area contributed by atoms with E-state index < -0.39 is 0 Å². The third kappa shape index (κ3) is 9.36. The Morgan fingerprint density at radius 2 is 1.57 bits per heavy atom. The second kappa shape index (κ2) is 11.3. The summed E-state index contributed by atoms with van der Waals surface area (Å²) in [4.78, 5) is 13.7. The molecule has 0 spiro atoms. The van der Waals surface area contributed by atoms with Gasteiger partial charge in [-0.05, 0) is 19.3 Å². The maximum absolute atomic E-state index is 11.7. The summed E-state index contributed by atoms with van der Waals surface area (Å²) in [5, 5.41) is 0. The van der Waals surface area contributed by atoms with E-state index in [-0.39, 0.29) is 12.4 Å². The summed E-state index contributed by atoms with van der Waals surface area (Å²) >= 11 is 0. The van der Waals surface area contributed by atoms with Crippen molar-refractivity contribution in [2.75, 3.05) is 33.9 Å². The number of hydrogen-bond acceptors (Lipinski definition) is 1. The summed E-state index contributed by atoms with van der Waals surface area (Å²) in [6.07, 6.45) is 12.8. The Balaban J connectivity index is 0.00000400. The molecule has 0 aromatic heterocycles. The van der Waals surface area contributed by atoms with Crippen LogP contribution in [0, 0.1) is 0 Å². The van der Waals surface area contributed by atoms with E-state index in [1.165, 1.54) is 57.9 Å². The lowest BCUT2D eigenvalue weighted by molar-refractivity contribution is -0.899. The normalized spacial score (nSPS) is 15.4. The summed E-state index contributed by atoms with van der Waals surface area (Å²) in [5.41, 5.74) is 0. The number of likely N-dealkylation sites (tertiary alicyclic amines) is 1. The first kappa shape index (κ1) is 20.7. The molecule has 1 heterocycles. The number of quaternary nitrogens is 1. The fourth-order valence-electron chi connectivity index (χ4n) is 3.06. The Morgan fingerprint density at radius 1 is 1.00 bits per heavy atom. The number of carbonyl (C=O) groups is 1. The van der Waals surface area contributed by atoms with Crippen LogP contribution in [-0.4, -0.2) is 49.1 Å². The van der Waals surface area contributed by atoms with E-state index >= 15 is 0 Å². The van der Waals surface area contributed by atoms with Gasteiger partial charge in [0, 0.05) is 13.0 Å². The van der Waals surface area contributed by atoms with Crippen molar-refractivity contribution < 1.29 is 21.7 Å². The van der Waals surface area contributed by atoms with Gasteiger partial charge in [-0.25, -0.2) is 0 Å². The summed E-state index contributed by atoms with van der Waals surface area (Å²) in [7, 11) is 4.51. The van der Waals surface area contributed by atoms with Gasteiger partial charge >= 0.3 is 0 Å². The van der Waals surface area contributed by atoms with Crippen molar-refractivity contribution in [3.8, 4) is 0 Å². The van der Waals surface area contributed by atoms with E-state index in [1.807, 2.05) is 4.90 Å². The van der Waals surface area contributed by atoms with Crippen LogP contribution in [0.4, 0.5) is 0 Å². The van der Waals surface area contributed by atoms with Gasteiger partial charge in [0.2, 0.25) is 5.91 Å². The minimum atomic E-state index is 0. The zero-order chi connectivity index (χ0) is 14.8. The predicted molar refractivity (Wildman–Crippen MR) is 85.4 cm³/mol. The lowest BCUT2D eigenvalue weighted by Gasteiger charge is -2.33. The van der Waals surface area contributed by atoms with Crippen LogP contribution in [0.15, 0.2) is 0 Å². The van der Waals surface area contributed by atoms with Gasteiger partial charge in [0.25, 0.3) is 0 Å². The van der Waals surface area contributed by atoms with Crippen LogP contribution in [0.3, 0.4) is 0 Å². The summed E-state index contributed by atoms with van der Waals surface area (Å²) in [5.74, 6) is 0.354. The van der Waals surface area contributed by atoms with Gasteiger partial charge in [0.15, 0.2) is 6.67 Å². The third-order valence-electron chi connectivity index (χ3n) is 4.34. The fourth-order valence-corrected chi connectivity index (χ4v) is 3.06. The Morgan fingerprint density at radius 3 is 2.10 bits per heavy atom. The van der Waals surface area contributed by atoms with Crippen LogP contribution in [0.1, 0.15) is 71.1 Å². The van der Waals surface area contributed by atoms with E-state index in [0.717, 1.165) is 30.5 Å². The van der Waals surface area contributed by atoms with Crippen molar-refractivity contribution in [1.29, 1.82) is 0 Å². The van der Waals surface area contributed by atoms with Gasteiger partial charge in [-0.1, -0.05) is 45.4 Å². The largest absolute Gasteiger partial charge is 1.00 e. The van der Waals surface area contributed by atoms with E-state index in [0.29, 0.717) is 5.91 Å². The molecule has 1 rings (SSSR count). The maximum atomic E-state index is 11.7. The SMILES string of the molecule is CCCCCCCCCC[N+](C)(C)CN1CCCC1=O.[Cl-]. The standard InChI is InChI=1S/C17H35N2O.ClH/c1-4-5-6-7-8-9-10-11-15-19(2,3)16-18-14-12-13-17(18)20;/h4-16H2,1-3H3;1H/q+1;/p-1. The van der Waals surface area contributed by atoms with Gasteiger partial charge in [-0.15, -0.1) is 0 Å². The Kier molecular flexibility index (Phi) is 11.2. The van der Waals surface area contributed by atoms with Gasteiger partial charge in [-0.2, -0.15) is 0 Å². The quantitative estimate of drug-likeness (QED) is 0.407. The smallest absolute Gasteiger partial charge is 0.226 e. The molecule has 1 aliphatic rings. The molecular formula is C17H35ClN2O. The number of unbranched alkanes of at least 4 members (excludes halogenated alkanes) is 7. The van der Waals surface area contributed by atoms with E-state index in [2.05, 4.69) is 21.0 Å². The first-order chi connectivity index (χ1) is 9.55. The number of halogens is 1. The van der Waals surface area contributed by atoms with Gasteiger partial charge in [0.1, 0.15) is 0 Å². The molecule has 0 aromatic carbocycles. The van der Waals surface area contributed by atoms with Crippen molar-refractivity contribution in [3.05, 3.63) is 0 Å². The van der Waals surface area contributed by atoms with E-state index in [1.54, 1.807) is 0 Å². The number of nitrogens with zero attached hydrogens (tertiary/aromatic N) is 2. The highest BCUT2D eigenvalue weighted by Gasteiger charge is 2.26. The van der Waals surface area contributed by atoms with Gasteiger partial charge in [0.05, 0.1) is 20.6 Å². The average molecular weight is 319 g/mol. The molecule has 0 aliphatic carbocycles. The number of rotatable bonds is 11. The molecule has 126 valence electrons. The van der Waals surface area contributed by atoms with Crippen LogP contribution >= 0.6 is 0 Å². The Bertz CT molecular complexity index is 282. The molecule has 1 fully saturated rings. The molecule has 0 aromatic rings. The first-order valence-electron chi connectivity index (χ1n) is 8.65. The van der Waals surface area contributed by atoms with Crippen molar-refractivity contribution in [1.82, 2.24) is 4.90 Å². The van der Waals surface area contributed by atoms with Crippen LogP contribution in [0.25, 0.3) is 0 Å². The molecule has 3 nitrogen and oxygen atoms in total. The molecule has 0 bridgehead atoms. The van der Waals surface area contributed by atoms with Crippen LogP contribution in [-0.2, 0) is 4.79 Å². The number of carbonyl (C=O) groups excluding carboxylic acids is 1. The molecule has 21 heavy (non-hydrogen) atoms.